The van der Waals surface area contributed by atoms with Crippen molar-refractivity contribution in [2.24, 2.45) is 0 Å². The lowest BCUT2D eigenvalue weighted by Crippen LogP contribution is -2.46. The Morgan fingerprint density at radius 1 is 1.11 bits per heavy atom. The number of anilines is 2. The van der Waals surface area contributed by atoms with Crippen molar-refractivity contribution in [1.29, 1.82) is 0 Å². The third-order valence-corrected chi connectivity index (χ3v) is 6.12. The Hall–Kier alpha value is -2.38. The van der Waals surface area contributed by atoms with Gasteiger partial charge < -0.3 is 20.4 Å². The molecule has 150 valence electrons. The summed E-state index contributed by atoms with van der Waals surface area (Å²) in [6.45, 7) is 11.5. The van der Waals surface area contributed by atoms with E-state index in [2.05, 4.69) is 39.5 Å². The molecule has 2 aromatic rings. The highest BCUT2D eigenvalue weighted by molar-refractivity contribution is 7.14. The quantitative estimate of drug-likeness (QED) is 0.782. The summed E-state index contributed by atoms with van der Waals surface area (Å²) in [5.74, 6) is -0.197. The van der Waals surface area contributed by atoms with Gasteiger partial charge in [0.15, 0.2) is 0 Å². The van der Waals surface area contributed by atoms with Gasteiger partial charge >= 0.3 is 0 Å². The molecule has 2 N–H and O–H groups in total. The number of benzene rings is 1. The van der Waals surface area contributed by atoms with Crippen LogP contribution >= 0.6 is 11.3 Å². The molecular weight excluding hydrogens is 372 g/mol. The minimum absolute atomic E-state index is 0.0776. The van der Waals surface area contributed by atoms with E-state index >= 15 is 0 Å². The minimum atomic E-state index is -0.119. The van der Waals surface area contributed by atoms with Crippen LogP contribution in [0.2, 0.25) is 0 Å². The normalized spacial score (nSPS) is 14.8. The Balaban J connectivity index is 1.61. The van der Waals surface area contributed by atoms with E-state index in [-0.39, 0.29) is 11.8 Å². The first-order valence-corrected chi connectivity index (χ1v) is 10.5. The average Bonchev–Trinajstić information content (AvgIpc) is 3.17. The van der Waals surface area contributed by atoms with Crippen molar-refractivity contribution < 1.29 is 9.59 Å². The summed E-state index contributed by atoms with van der Waals surface area (Å²) in [5, 5.41) is 5.76. The molecule has 0 bridgehead atoms. The molecule has 1 aromatic heterocycles. The lowest BCUT2D eigenvalue weighted by molar-refractivity contribution is -0.119. The predicted octanol–water partition coefficient (Wildman–Crippen LogP) is 3.09. The third-order valence-electron chi connectivity index (χ3n) is 5.04. The van der Waals surface area contributed by atoms with Crippen LogP contribution in [0.25, 0.3) is 0 Å². The van der Waals surface area contributed by atoms with Gasteiger partial charge in [0, 0.05) is 49.4 Å². The molecular formula is C21H28N4O2S. The first-order chi connectivity index (χ1) is 13.5. The van der Waals surface area contributed by atoms with Crippen LogP contribution in [0.15, 0.2) is 30.3 Å². The number of piperazine rings is 1. The SMILES string of the molecule is CCN1CCN(c2ccc(NC(=O)c3ccc(CNC(C)=O)s3)c(C)c2)CC1. The Bertz CT molecular complexity index is 841. The summed E-state index contributed by atoms with van der Waals surface area (Å²) in [5.41, 5.74) is 3.09. The molecule has 28 heavy (non-hydrogen) atoms. The molecule has 3 rings (SSSR count). The summed E-state index contributed by atoms with van der Waals surface area (Å²) < 4.78 is 0. The summed E-state index contributed by atoms with van der Waals surface area (Å²) >= 11 is 1.40. The van der Waals surface area contributed by atoms with Crippen molar-refractivity contribution in [1.82, 2.24) is 10.2 Å². The number of carbonyl (C=O) groups excluding carboxylic acids is 2. The molecule has 0 aliphatic carbocycles. The van der Waals surface area contributed by atoms with Crippen LogP contribution in [-0.2, 0) is 11.3 Å². The van der Waals surface area contributed by atoms with E-state index in [0.29, 0.717) is 11.4 Å². The van der Waals surface area contributed by atoms with Gasteiger partial charge in [0.1, 0.15) is 0 Å². The molecule has 1 aromatic carbocycles. The summed E-state index contributed by atoms with van der Waals surface area (Å²) in [6, 6.07) is 9.89. The number of carbonyl (C=O) groups is 2. The second-order valence-corrected chi connectivity index (χ2v) is 8.22. The zero-order chi connectivity index (χ0) is 20.1. The Morgan fingerprint density at radius 2 is 1.86 bits per heavy atom. The van der Waals surface area contributed by atoms with Gasteiger partial charge in [-0.2, -0.15) is 0 Å². The van der Waals surface area contributed by atoms with Crippen LogP contribution in [0.4, 0.5) is 11.4 Å². The molecule has 0 atom stereocenters. The van der Waals surface area contributed by atoms with Gasteiger partial charge in [-0.25, -0.2) is 0 Å². The highest BCUT2D eigenvalue weighted by Crippen LogP contribution is 2.25. The molecule has 1 fully saturated rings. The van der Waals surface area contributed by atoms with E-state index in [0.717, 1.165) is 48.9 Å². The largest absolute Gasteiger partial charge is 0.369 e. The van der Waals surface area contributed by atoms with Gasteiger partial charge in [0.05, 0.1) is 11.4 Å². The molecule has 0 radical (unpaired) electrons. The lowest BCUT2D eigenvalue weighted by Gasteiger charge is -2.35. The molecule has 0 saturated carbocycles. The van der Waals surface area contributed by atoms with E-state index in [4.69, 9.17) is 0 Å². The van der Waals surface area contributed by atoms with Crippen molar-refractivity contribution in [3.05, 3.63) is 45.6 Å². The standard InChI is InChI=1S/C21H28N4O2S/c1-4-24-9-11-25(12-10-24)17-5-7-19(15(2)13-17)23-21(27)20-8-6-18(28-20)14-22-16(3)26/h5-8,13H,4,9-12,14H2,1-3H3,(H,22,26)(H,23,27). The van der Waals surface area contributed by atoms with Gasteiger partial charge in [-0.15, -0.1) is 11.3 Å². The zero-order valence-corrected chi connectivity index (χ0v) is 17.6. The maximum Gasteiger partial charge on any atom is 0.265 e. The van der Waals surface area contributed by atoms with Gasteiger partial charge in [-0.1, -0.05) is 6.92 Å². The van der Waals surface area contributed by atoms with Crippen LogP contribution in [-0.4, -0.2) is 49.4 Å². The van der Waals surface area contributed by atoms with Crippen LogP contribution in [0.5, 0.6) is 0 Å². The van der Waals surface area contributed by atoms with Gasteiger partial charge in [-0.3, -0.25) is 9.59 Å². The Labute approximate surface area is 170 Å². The van der Waals surface area contributed by atoms with E-state index in [1.807, 2.05) is 19.1 Å². The number of nitrogens with zero attached hydrogens (tertiary/aromatic N) is 2. The molecule has 0 spiro atoms. The fourth-order valence-corrected chi connectivity index (χ4v) is 4.14. The predicted molar refractivity (Wildman–Crippen MR) is 115 cm³/mol. The monoisotopic (exact) mass is 400 g/mol. The van der Waals surface area contributed by atoms with Crippen molar-refractivity contribution in [3.8, 4) is 0 Å². The number of aryl methyl sites for hydroxylation is 1. The molecule has 1 aliphatic heterocycles. The summed E-state index contributed by atoms with van der Waals surface area (Å²) in [6.07, 6.45) is 0. The Morgan fingerprint density at radius 3 is 2.50 bits per heavy atom. The lowest BCUT2D eigenvalue weighted by atomic mass is 10.1. The van der Waals surface area contributed by atoms with E-state index in [1.165, 1.54) is 23.9 Å². The van der Waals surface area contributed by atoms with Crippen molar-refractivity contribution in [3.63, 3.8) is 0 Å². The fourth-order valence-electron chi connectivity index (χ4n) is 3.30. The highest BCUT2D eigenvalue weighted by atomic mass is 32.1. The van der Waals surface area contributed by atoms with Crippen LogP contribution in [0, 0.1) is 6.92 Å². The number of amides is 2. The molecule has 0 unspecified atom stereocenters. The summed E-state index contributed by atoms with van der Waals surface area (Å²) in [7, 11) is 0. The smallest absolute Gasteiger partial charge is 0.265 e. The molecule has 2 heterocycles. The maximum absolute atomic E-state index is 12.6. The maximum atomic E-state index is 12.6. The highest BCUT2D eigenvalue weighted by Gasteiger charge is 2.17. The van der Waals surface area contributed by atoms with Crippen molar-refractivity contribution >= 4 is 34.5 Å². The Kier molecular flexibility index (Phi) is 6.70. The fraction of sp³-hybridized carbons (Fsp3) is 0.429. The average molecular weight is 401 g/mol. The number of likely N-dealkylation sites (N-methyl/N-ethyl adjacent to an activating group) is 1. The number of nitrogens with one attached hydrogen (secondary N) is 2. The zero-order valence-electron chi connectivity index (χ0n) is 16.7. The van der Waals surface area contributed by atoms with Crippen LogP contribution in [0.3, 0.4) is 0 Å². The molecule has 6 nitrogen and oxygen atoms in total. The molecule has 1 saturated heterocycles. The molecule has 7 heteroatoms. The van der Waals surface area contributed by atoms with E-state index < -0.39 is 0 Å². The minimum Gasteiger partial charge on any atom is -0.369 e. The summed E-state index contributed by atoms with van der Waals surface area (Å²) in [4.78, 5) is 30.0. The number of hydrogen-bond donors (Lipinski definition) is 2. The van der Waals surface area contributed by atoms with Crippen LogP contribution in [0.1, 0.15) is 34.0 Å². The van der Waals surface area contributed by atoms with Crippen molar-refractivity contribution in [2.75, 3.05) is 42.9 Å². The van der Waals surface area contributed by atoms with Gasteiger partial charge in [-0.05, 0) is 49.4 Å². The van der Waals surface area contributed by atoms with E-state index in [1.54, 1.807) is 6.07 Å². The van der Waals surface area contributed by atoms with Gasteiger partial charge in [0.25, 0.3) is 5.91 Å². The number of hydrogen-bond acceptors (Lipinski definition) is 5. The number of rotatable bonds is 6. The van der Waals surface area contributed by atoms with E-state index in [9.17, 15) is 9.59 Å². The first kappa shape index (κ1) is 20.4. The topological polar surface area (TPSA) is 64.7 Å². The second-order valence-electron chi connectivity index (χ2n) is 7.05. The second kappa shape index (κ2) is 9.21. The van der Waals surface area contributed by atoms with Gasteiger partial charge in [0.2, 0.25) is 5.91 Å². The third kappa shape index (κ3) is 5.11. The molecule has 2 amide bonds. The van der Waals surface area contributed by atoms with Crippen LogP contribution < -0.4 is 15.5 Å². The number of thiophene rings is 1. The first-order valence-electron chi connectivity index (χ1n) is 9.68. The van der Waals surface area contributed by atoms with Crippen molar-refractivity contribution in [2.45, 2.75) is 27.3 Å². The molecule has 1 aliphatic rings.